The predicted molar refractivity (Wildman–Crippen MR) is 87.7 cm³/mol. The predicted octanol–water partition coefficient (Wildman–Crippen LogP) is 4.37. The zero-order valence-corrected chi connectivity index (χ0v) is 15.1. The quantitative estimate of drug-likeness (QED) is 0.381. The summed E-state index contributed by atoms with van der Waals surface area (Å²) in [6.07, 6.45) is -12.6. The van der Waals surface area contributed by atoms with E-state index in [4.69, 9.17) is 0 Å². The van der Waals surface area contributed by atoms with Crippen molar-refractivity contribution in [3.05, 3.63) is 41.0 Å². The van der Waals surface area contributed by atoms with Crippen LogP contribution in [0.15, 0.2) is 46.0 Å². The van der Waals surface area contributed by atoms with E-state index in [-0.39, 0.29) is 17.3 Å². The normalized spacial score (nSPS) is 18.6. The van der Waals surface area contributed by atoms with E-state index in [1.807, 2.05) is 0 Å². The summed E-state index contributed by atoms with van der Waals surface area (Å²) in [6, 6.07) is 6.58. The molecule has 0 saturated heterocycles. The molecule has 0 spiro atoms. The Morgan fingerprint density at radius 2 is 1.81 bits per heavy atom. The van der Waals surface area contributed by atoms with E-state index in [9.17, 15) is 31.1 Å². The topological polar surface area (TPSA) is 45.1 Å². The first-order valence-corrected chi connectivity index (χ1v) is 8.15. The van der Waals surface area contributed by atoms with E-state index in [0.717, 1.165) is 0 Å². The van der Waals surface area contributed by atoms with Gasteiger partial charge in [-0.05, 0) is 35.0 Å². The Kier molecular flexibility index (Phi) is 6.07. The van der Waals surface area contributed by atoms with Gasteiger partial charge in [-0.3, -0.25) is 0 Å². The van der Waals surface area contributed by atoms with Crippen LogP contribution in [-0.4, -0.2) is 41.9 Å². The van der Waals surface area contributed by atoms with Crippen LogP contribution in [0, 0.1) is 0 Å². The number of esters is 1. The van der Waals surface area contributed by atoms with Gasteiger partial charge in [-0.2, -0.15) is 26.3 Å². The van der Waals surface area contributed by atoms with Gasteiger partial charge in [0.25, 0.3) is 0 Å². The van der Waals surface area contributed by atoms with Gasteiger partial charge in [0.2, 0.25) is 12.0 Å². The summed E-state index contributed by atoms with van der Waals surface area (Å²) in [6.45, 7) is 1.39. The molecule has 12 heteroatoms. The van der Waals surface area contributed by atoms with Crippen LogP contribution in [0.25, 0.3) is 0 Å². The standard InChI is InChI=1S/C15H12BrF6N3O2/c1-2-27-11(26)10(16)8-24-12(14(17,18)19)23-13(15(20,21)22)25(24)9-6-4-3-5-7-9/h3-8,13H,2H2,1H3/b10-8-. The first-order valence-electron chi connectivity index (χ1n) is 7.36. The molecule has 0 fully saturated rings. The molecule has 1 aliphatic rings. The second-order valence-electron chi connectivity index (χ2n) is 5.09. The first-order chi connectivity index (χ1) is 12.5. The Hall–Kier alpha value is -2.24. The van der Waals surface area contributed by atoms with E-state index in [2.05, 4.69) is 25.7 Å². The summed E-state index contributed by atoms with van der Waals surface area (Å²) in [4.78, 5) is 14.5. The fraction of sp³-hybridized carbons (Fsp3) is 0.333. The molecule has 0 N–H and O–H groups in total. The Morgan fingerprint density at radius 1 is 1.22 bits per heavy atom. The molecule has 0 aromatic heterocycles. The fourth-order valence-electron chi connectivity index (χ4n) is 2.19. The lowest BCUT2D eigenvalue weighted by Gasteiger charge is -2.34. The highest BCUT2D eigenvalue weighted by atomic mass is 79.9. The van der Waals surface area contributed by atoms with Crippen molar-refractivity contribution in [2.75, 3.05) is 11.6 Å². The van der Waals surface area contributed by atoms with Gasteiger partial charge >= 0.3 is 18.3 Å². The number of hydrogen-bond donors (Lipinski definition) is 0. The van der Waals surface area contributed by atoms with Gasteiger partial charge in [0.15, 0.2) is 0 Å². The second kappa shape index (κ2) is 7.79. The third kappa shape index (κ3) is 4.73. The van der Waals surface area contributed by atoms with E-state index in [1.165, 1.54) is 37.3 Å². The van der Waals surface area contributed by atoms with Gasteiger partial charge in [-0.1, -0.05) is 18.2 Å². The van der Waals surface area contributed by atoms with Crippen LogP contribution in [0.3, 0.4) is 0 Å². The largest absolute Gasteiger partial charge is 0.462 e. The highest BCUT2D eigenvalue weighted by Crippen LogP contribution is 2.39. The summed E-state index contributed by atoms with van der Waals surface area (Å²) in [5, 5.41) is 0.428. The summed E-state index contributed by atoms with van der Waals surface area (Å²) >= 11 is 2.73. The highest BCUT2D eigenvalue weighted by Gasteiger charge is 2.56. The van der Waals surface area contributed by atoms with Crippen molar-refractivity contribution >= 4 is 33.4 Å². The summed E-state index contributed by atoms with van der Waals surface area (Å²) in [5.41, 5.74) is -0.205. The molecular formula is C15H12BrF6N3O2. The number of amidine groups is 1. The fourth-order valence-corrected chi connectivity index (χ4v) is 2.50. The Balaban J connectivity index is 2.60. The average Bonchev–Trinajstić information content (AvgIpc) is 2.95. The molecule has 0 saturated carbocycles. The molecule has 0 amide bonds. The number of benzene rings is 1. The third-order valence-electron chi connectivity index (χ3n) is 3.20. The molecule has 1 atom stereocenters. The van der Waals surface area contributed by atoms with Crippen LogP contribution < -0.4 is 5.01 Å². The van der Waals surface area contributed by atoms with Crippen molar-refractivity contribution in [1.29, 1.82) is 0 Å². The molecule has 148 valence electrons. The van der Waals surface area contributed by atoms with Crippen molar-refractivity contribution in [2.45, 2.75) is 25.4 Å². The number of nitrogens with zero attached hydrogens (tertiary/aromatic N) is 3. The molecule has 1 heterocycles. The maximum absolute atomic E-state index is 13.4. The van der Waals surface area contributed by atoms with Crippen LogP contribution in [0.2, 0.25) is 0 Å². The van der Waals surface area contributed by atoms with Crippen LogP contribution >= 0.6 is 15.9 Å². The number of ether oxygens (including phenoxy) is 1. The van der Waals surface area contributed by atoms with Gasteiger partial charge in [0.05, 0.1) is 18.5 Å². The molecule has 0 radical (unpaired) electrons. The molecule has 1 aromatic rings. The third-order valence-corrected chi connectivity index (χ3v) is 3.73. The Labute approximate surface area is 158 Å². The summed E-state index contributed by atoms with van der Waals surface area (Å²) < 4.78 is 84.3. The van der Waals surface area contributed by atoms with Crippen molar-refractivity contribution < 1.29 is 35.9 Å². The van der Waals surface area contributed by atoms with Crippen molar-refractivity contribution in [3.63, 3.8) is 0 Å². The number of rotatable bonds is 4. The maximum Gasteiger partial charge on any atom is 0.451 e. The van der Waals surface area contributed by atoms with E-state index >= 15 is 0 Å². The number of para-hydroxylation sites is 1. The molecule has 5 nitrogen and oxygen atoms in total. The number of hydrogen-bond acceptors (Lipinski definition) is 5. The number of anilines is 1. The molecule has 27 heavy (non-hydrogen) atoms. The molecular weight excluding hydrogens is 448 g/mol. The lowest BCUT2D eigenvalue weighted by atomic mass is 10.3. The molecule has 2 rings (SSSR count). The number of hydrazine groups is 1. The zero-order chi connectivity index (χ0) is 20.4. The number of halogens is 7. The number of carbonyl (C=O) groups is 1. The van der Waals surface area contributed by atoms with Crippen molar-refractivity contribution in [1.82, 2.24) is 5.01 Å². The molecule has 1 aromatic carbocycles. The zero-order valence-electron chi connectivity index (χ0n) is 13.6. The molecule has 0 bridgehead atoms. The van der Waals surface area contributed by atoms with Crippen LogP contribution in [-0.2, 0) is 9.53 Å². The van der Waals surface area contributed by atoms with E-state index < -0.39 is 34.8 Å². The molecule has 0 aliphatic carbocycles. The lowest BCUT2D eigenvalue weighted by molar-refractivity contribution is -0.148. The molecule has 1 unspecified atom stereocenters. The summed E-state index contributed by atoms with van der Waals surface area (Å²) in [5.74, 6) is -2.86. The number of carbonyl (C=O) groups excluding carboxylic acids is 1. The minimum absolute atomic E-state index is 0.0738. The van der Waals surface area contributed by atoms with Crippen LogP contribution in [0.5, 0.6) is 0 Å². The van der Waals surface area contributed by atoms with Gasteiger partial charge in [0, 0.05) is 0 Å². The van der Waals surface area contributed by atoms with Crippen molar-refractivity contribution in [3.8, 4) is 0 Å². The van der Waals surface area contributed by atoms with E-state index in [0.29, 0.717) is 11.2 Å². The Morgan fingerprint density at radius 3 is 2.30 bits per heavy atom. The van der Waals surface area contributed by atoms with Crippen LogP contribution in [0.1, 0.15) is 6.92 Å². The highest BCUT2D eigenvalue weighted by molar-refractivity contribution is 9.12. The minimum Gasteiger partial charge on any atom is -0.462 e. The number of aliphatic imine (C=N–C) groups is 1. The van der Waals surface area contributed by atoms with Gasteiger partial charge in [-0.15, -0.1) is 0 Å². The molecule has 1 aliphatic heterocycles. The van der Waals surface area contributed by atoms with Crippen molar-refractivity contribution in [2.24, 2.45) is 4.99 Å². The minimum atomic E-state index is -5.20. The van der Waals surface area contributed by atoms with Crippen LogP contribution in [0.4, 0.5) is 32.0 Å². The van der Waals surface area contributed by atoms with Gasteiger partial charge in [-0.25, -0.2) is 19.8 Å². The van der Waals surface area contributed by atoms with Gasteiger partial charge < -0.3 is 4.74 Å². The maximum atomic E-state index is 13.4. The SMILES string of the molecule is CCOC(=O)/C(Br)=C/N1C(C(F)(F)F)=NC(C(F)(F)F)N1c1ccccc1. The average molecular weight is 460 g/mol. The second-order valence-corrected chi connectivity index (χ2v) is 5.94. The lowest BCUT2D eigenvalue weighted by Crippen LogP contribution is -2.50. The van der Waals surface area contributed by atoms with Gasteiger partial charge in [0.1, 0.15) is 4.48 Å². The first kappa shape index (κ1) is 21.1. The smallest absolute Gasteiger partial charge is 0.451 e. The Bertz CT molecular complexity index is 748. The number of alkyl halides is 6. The summed E-state index contributed by atoms with van der Waals surface area (Å²) in [7, 11) is 0. The van der Waals surface area contributed by atoms with E-state index in [1.54, 1.807) is 0 Å². The monoisotopic (exact) mass is 459 g/mol.